The van der Waals surface area contributed by atoms with Gasteiger partial charge in [0.05, 0.1) is 0 Å². The predicted octanol–water partition coefficient (Wildman–Crippen LogP) is 3.74. The quantitative estimate of drug-likeness (QED) is 0.657. The van der Waals surface area contributed by atoms with Crippen molar-refractivity contribution in [1.82, 2.24) is 5.32 Å². The number of nitrogens with one attached hydrogen (secondary N) is 1. The van der Waals surface area contributed by atoms with Crippen LogP contribution < -0.4 is 5.32 Å². The van der Waals surface area contributed by atoms with Crippen molar-refractivity contribution in [2.24, 2.45) is 16.7 Å². The Morgan fingerprint density at radius 3 is 1.94 bits per heavy atom. The first kappa shape index (κ1) is 11.1. The second kappa shape index (κ2) is 3.25. The van der Waals surface area contributed by atoms with Crippen LogP contribution in [0.5, 0.6) is 0 Å². The minimum Gasteiger partial charge on any atom is -0.311 e. The Labute approximate surface area is 100 Å². The molecule has 3 rings (SSSR count). The molecule has 0 bridgehead atoms. The summed E-state index contributed by atoms with van der Waals surface area (Å²) in [5, 5.41) is 3.67. The summed E-state index contributed by atoms with van der Waals surface area (Å²) in [4.78, 5) is 0. The van der Waals surface area contributed by atoms with Crippen molar-refractivity contribution in [3.8, 4) is 0 Å². The van der Waals surface area contributed by atoms with E-state index in [2.05, 4.69) is 26.1 Å². The van der Waals surface area contributed by atoms with Crippen molar-refractivity contribution in [3.63, 3.8) is 0 Å². The smallest absolute Gasteiger partial charge is 0.0204 e. The van der Waals surface area contributed by atoms with Crippen LogP contribution in [0.2, 0.25) is 0 Å². The monoisotopic (exact) mass is 221 g/mol. The van der Waals surface area contributed by atoms with Gasteiger partial charge in [0, 0.05) is 5.54 Å². The Kier molecular flexibility index (Phi) is 2.25. The normalized spacial score (nSPS) is 47.8. The van der Waals surface area contributed by atoms with Crippen LogP contribution in [0.3, 0.4) is 0 Å². The van der Waals surface area contributed by atoms with Gasteiger partial charge in [-0.05, 0) is 68.2 Å². The fourth-order valence-corrected chi connectivity index (χ4v) is 4.61. The van der Waals surface area contributed by atoms with Crippen molar-refractivity contribution < 1.29 is 0 Å². The summed E-state index contributed by atoms with van der Waals surface area (Å²) < 4.78 is 0. The molecule has 0 unspecified atom stereocenters. The largest absolute Gasteiger partial charge is 0.311 e. The molecule has 1 nitrogen and oxygen atoms in total. The molecule has 3 aliphatic rings. The third-order valence-corrected chi connectivity index (χ3v) is 5.80. The number of hydrogen-bond acceptors (Lipinski definition) is 1. The standard InChI is InChI=1S/C15H27N/c1-13(2,3)12-4-6-14(7-5-12)10-15(11-14)8-9-16-15/h12,16H,4-11H2,1-3H3. The highest BCUT2D eigenvalue weighted by molar-refractivity contribution is 5.14. The van der Waals surface area contributed by atoms with Crippen LogP contribution in [0, 0.1) is 16.7 Å². The summed E-state index contributed by atoms with van der Waals surface area (Å²) in [7, 11) is 0. The fraction of sp³-hybridized carbons (Fsp3) is 1.00. The molecule has 2 saturated carbocycles. The Hall–Kier alpha value is -0.0400. The Bertz CT molecular complexity index is 264. The molecule has 1 N–H and O–H groups in total. The Balaban J connectivity index is 1.56. The van der Waals surface area contributed by atoms with E-state index in [4.69, 9.17) is 0 Å². The van der Waals surface area contributed by atoms with Gasteiger partial charge in [-0.3, -0.25) is 0 Å². The molecular weight excluding hydrogens is 194 g/mol. The molecule has 1 aliphatic heterocycles. The molecule has 3 fully saturated rings. The summed E-state index contributed by atoms with van der Waals surface area (Å²) in [6.45, 7) is 8.54. The van der Waals surface area contributed by atoms with E-state index in [1.807, 2.05) is 0 Å². The number of hydrogen-bond donors (Lipinski definition) is 1. The highest BCUT2D eigenvalue weighted by Gasteiger charge is 2.57. The lowest BCUT2D eigenvalue weighted by atomic mass is 9.47. The van der Waals surface area contributed by atoms with Crippen molar-refractivity contribution in [1.29, 1.82) is 0 Å². The molecule has 1 heterocycles. The first-order chi connectivity index (χ1) is 7.43. The maximum absolute atomic E-state index is 3.67. The van der Waals surface area contributed by atoms with Crippen molar-refractivity contribution in [2.75, 3.05) is 6.54 Å². The van der Waals surface area contributed by atoms with Crippen molar-refractivity contribution in [3.05, 3.63) is 0 Å². The zero-order valence-corrected chi connectivity index (χ0v) is 11.2. The van der Waals surface area contributed by atoms with Gasteiger partial charge in [0.2, 0.25) is 0 Å². The van der Waals surface area contributed by atoms with E-state index in [1.54, 1.807) is 0 Å². The van der Waals surface area contributed by atoms with Gasteiger partial charge >= 0.3 is 0 Å². The summed E-state index contributed by atoms with van der Waals surface area (Å²) in [6.07, 6.45) is 10.4. The Morgan fingerprint density at radius 2 is 1.56 bits per heavy atom. The van der Waals surface area contributed by atoms with Crippen LogP contribution in [0.1, 0.15) is 65.7 Å². The second-order valence-corrected chi connectivity index (χ2v) is 7.95. The van der Waals surface area contributed by atoms with Crippen LogP contribution in [0.25, 0.3) is 0 Å². The molecule has 0 aromatic rings. The summed E-state index contributed by atoms with van der Waals surface area (Å²) in [5.74, 6) is 0.976. The molecule has 0 amide bonds. The zero-order chi connectivity index (χ0) is 11.4. The van der Waals surface area contributed by atoms with Gasteiger partial charge < -0.3 is 5.32 Å². The van der Waals surface area contributed by atoms with E-state index < -0.39 is 0 Å². The van der Waals surface area contributed by atoms with E-state index >= 15 is 0 Å². The molecule has 92 valence electrons. The average molecular weight is 221 g/mol. The molecule has 0 aromatic carbocycles. The minimum atomic E-state index is 0.539. The summed E-state index contributed by atoms with van der Waals surface area (Å²) in [5.41, 5.74) is 1.95. The molecule has 0 radical (unpaired) electrons. The van der Waals surface area contributed by atoms with Gasteiger partial charge in [-0.25, -0.2) is 0 Å². The lowest BCUT2D eigenvalue weighted by Crippen LogP contribution is -2.68. The van der Waals surface area contributed by atoms with Crippen LogP contribution >= 0.6 is 0 Å². The van der Waals surface area contributed by atoms with E-state index in [0.29, 0.717) is 11.0 Å². The summed E-state index contributed by atoms with van der Waals surface area (Å²) >= 11 is 0. The summed E-state index contributed by atoms with van der Waals surface area (Å²) in [6, 6.07) is 0. The van der Waals surface area contributed by atoms with Gasteiger partial charge in [-0.2, -0.15) is 0 Å². The van der Waals surface area contributed by atoms with E-state index in [0.717, 1.165) is 11.3 Å². The third-order valence-electron chi connectivity index (χ3n) is 5.80. The zero-order valence-electron chi connectivity index (χ0n) is 11.2. The van der Waals surface area contributed by atoms with Crippen molar-refractivity contribution >= 4 is 0 Å². The predicted molar refractivity (Wildman–Crippen MR) is 68.4 cm³/mol. The van der Waals surface area contributed by atoms with Gasteiger partial charge in [0.15, 0.2) is 0 Å². The lowest BCUT2D eigenvalue weighted by Gasteiger charge is -2.64. The van der Waals surface area contributed by atoms with Crippen LogP contribution in [0.15, 0.2) is 0 Å². The molecule has 16 heavy (non-hydrogen) atoms. The van der Waals surface area contributed by atoms with E-state index in [9.17, 15) is 0 Å². The topological polar surface area (TPSA) is 12.0 Å². The minimum absolute atomic E-state index is 0.539. The molecular formula is C15H27N. The molecule has 2 aliphatic carbocycles. The van der Waals surface area contributed by atoms with Gasteiger partial charge in [-0.1, -0.05) is 20.8 Å². The van der Waals surface area contributed by atoms with Gasteiger partial charge in [0.25, 0.3) is 0 Å². The molecule has 2 spiro atoms. The van der Waals surface area contributed by atoms with Crippen LogP contribution in [0.4, 0.5) is 0 Å². The first-order valence-electron chi connectivity index (χ1n) is 7.18. The van der Waals surface area contributed by atoms with Gasteiger partial charge in [0.1, 0.15) is 0 Å². The van der Waals surface area contributed by atoms with Crippen molar-refractivity contribution in [2.45, 2.75) is 71.3 Å². The number of rotatable bonds is 0. The molecule has 0 atom stereocenters. The van der Waals surface area contributed by atoms with Gasteiger partial charge in [-0.15, -0.1) is 0 Å². The average Bonchev–Trinajstić information content (AvgIpc) is 2.10. The van der Waals surface area contributed by atoms with Crippen LogP contribution in [-0.4, -0.2) is 12.1 Å². The molecule has 1 heteroatoms. The molecule has 1 saturated heterocycles. The fourth-order valence-electron chi connectivity index (χ4n) is 4.61. The Morgan fingerprint density at radius 1 is 1.00 bits per heavy atom. The second-order valence-electron chi connectivity index (χ2n) is 7.95. The maximum Gasteiger partial charge on any atom is 0.0204 e. The maximum atomic E-state index is 3.67. The first-order valence-corrected chi connectivity index (χ1v) is 7.18. The third kappa shape index (κ3) is 1.63. The highest BCUT2D eigenvalue weighted by atomic mass is 15.1. The van der Waals surface area contributed by atoms with Crippen LogP contribution in [-0.2, 0) is 0 Å². The molecule has 0 aromatic heterocycles. The lowest BCUT2D eigenvalue weighted by molar-refractivity contribution is -0.0809. The van der Waals surface area contributed by atoms with E-state index in [1.165, 1.54) is 51.5 Å². The SMILES string of the molecule is CC(C)(C)C1CCC2(CC1)CC1(CCN1)C2. The highest BCUT2D eigenvalue weighted by Crippen LogP contribution is 2.61. The van der Waals surface area contributed by atoms with E-state index in [-0.39, 0.29) is 0 Å².